The number of nitrogens with zero attached hydrogens (tertiary/aromatic N) is 1. The lowest BCUT2D eigenvalue weighted by Crippen LogP contribution is -2.13. The average molecular weight is 371 g/mol. The molecule has 0 radical (unpaired) electrons. The number of anilines is 1. The molecular weight excluding hydrogens is 352 g/mol. The first-order valence-corrected chi connectivity index (χ1v) is 8.34. The second-order valence-corrected chi connectivity index (χ2v) is 6.09. The summed E-state index contributed by atoms with van der Waals surface area (Å²) in [5, 5.41) is 12.4. The van der Waals surface area contributed by atoms with E-state index in [9.17, 15) is 10.1 Å². The number of benzene rings is 2. The normalized spacial score (nSPS) is 11.0. The lowest BCUT2D eigenvalue weighted by molar-refractivity contribution is -0.112. The molecule has 2 rings (SSSR count). The van der Waals surface area contributed by atoms with Crippen molar-refractivity contribution in [2.75, 3.05) is 12.4 Å². The summed E-state index contributed by atoms with van der Waals surface area (Å²) in [4.78, 5) is 12.4. The van der Waals surface area contributed by atoms with Crippen molar-refractivity contribution >= 4 is 29.3 Å². The Kier molecular flexibility index (Phi) is 6.65. The van der Waals surface area contributed by atoms with Crippen LogP contribution in [-0.4, -0.2) is 19.1 Å². The van der Waals surface area contributed by atoms with Crippen LogP contribution >= 0.6 is 11.6 Å². The number of nitrogens with one attached hydrogen (secondary N) is 1. The Bertz CT molecular complexity index is 870. The van der Waals surface area contributed by atoms with Crippen molar-refractivity contribution in [2.45, 2.75) is 20.0 Å². The Morgan fingerprint density at radius 2 is 1.96 bits per heavy atom. The standard InChI is InChI=1S/C20H19ClN2O3/c1-13(2)26-18-9-8-14(11-19(18)25-3)10-15(12-22)20(24)23-17-7-5-4-6-16(17)21/h4-11,13H,1-3H3,(H,23,24)/b15-10+. The van der Waals surface area contributed by atoms with Gasteiger partial charge in [0.1, 0.15) is 11.6 Å². The number of methoxy groups -OCH3 is 1. The molecular formula is C20H19ClN2O3. The van der Waals surface area contributed by atoms with Crippen molar-refractivity contribution in [1.82, 2.24) is 0 Å². The number of hydrogen-bond acceptors (Lipinski definition) is 4. The molecule has 26 heavy (non-hydrogen) atoms. The molecule has 5 nitrogen and oxygen atoms in total. The number of ether oxygens (including phenoxy) is 2. The molecule has 0 spiro atoms. The summed E-state index contributed by atoms with van der Waals surface area (Å²) in [7, 11) is 1.53. The maximum absolute atomic E-state index is 12.4. The van der Waals surface area contributed by atoms with Crippen LogP contribution < -0.4 is 14.8 Å². The fourth-order valence-corrected chi connectivity index (χ4v) is 2.38. The molecule has 0 saturated carbocycles. The van der Waals surface area contributed by atoms with Crippen molar-refractivity contribution < 1.29 is 14.3 Å². The van der Waals surface area contributed by atoms with Crippen LogP contribution in [-0.2, 0) is 4.79 Å². The highest BCUT2D eigenvalue weighted by atomic mass is 35.5. The Morgan fingerprint density at radius 1 is 1.23 bits per heavy atom. The number of hydrogen-bond donors (Lipinski definition) is 1. The third kappa shape index (κ3) is 5.01. The van der Waals surface area contributed by atoms with Crippen LogP contribution in [0.25, 0.3) is 6.08 Å². The van der Waals surface area contributed by atoms with E-state index in [4.69, 9.17) is 21.1 Å². The van der Waals surface area contributed by atoms with Gasteiger partial charge >= 0.3 is 0 Å². The van der Waals surface area contributed by atoms with E-state index in [0.717, 1.165) is 0 Å². The highest BCUT2D eigenvalue weighted by Crippen LogP contribution is 2.30. The smallest absolute Gasteiger partial charge is 0.266 e. The Balaban J connectivity index is 2.26. The maximum atomic E-state index is 12.4. The van der Waals surface area contributed by atoms with Crippen molar-refractivity contribution in [3.63, 3.8) is 0 Å². The zero-order valence-electron chi connectivity index (χ0n) is 14.7. The molecule has 2 aromatic carbocycles. The van der Waals surface area contributed by atoms with E-state index in [0.29, 0.717) is 27.8 Å². The molecule has 134 valence electrons. The van der Waals surface area contributed by atoms with E-state index in [1.54, 1.807) is 42.5 Å². The number of para-hydroxylation sites is 1. The van der Waals surface area contributed by atoms with Gasteiger partial charge in [-0.05, 0) is 49.8 Å². The number of nitriles is 1. The van der Waals surface area contributed by atoms with Gasteiger partial charge in [-0.2, -0.15) is 5.26 Å². The molecule has 0 atom stereocenters. The molecule has 2 aromatic rings. The molecule has 6 heteroatoms. The van der Waals surface area contributed by atoms with E-state index in [1.165, 1.54) is 13.2 Å². The van der Waals surface area contributed by atoms with Gasteiger partial charge in [-0.3, -0.25) is 4.79 Å². The minimum Gasteiger partial charge on any atom is -0.493 e. The fourth-order valence-electron chi connectivity index (χ4n) is 2.19. The van der Waals surface area contributed by atoms with E-state index in [1.807, 2.05) is 19.9 Å². The Morgan fingerprint density at radius 3 is 2.58 bits per heavy atom. The molecule has 0 unspecified atom stereocenters. The van der Waals surface area contributed by atoms with Gasteiger partial charge in [0, 0.05) is 0 Å². The van der Waals surface area contributed by atoms with Gasteiger partial charge in [-0.1, -0.05) is 29.8 Å². The largest absolute Gasteiger partial charge is 0.493 e. The highest BCUT2D eigenvalue weighted by Gasteiger charge is 2.12. The monoisotopic (exact) mass is 370 g/mol. The third-order valence-corrected chi connectivity index (χ3v) is 3.68. The topological polar surface area (TPSA) is 71.3 Å². The number of carbonyl (C=O) groups excluding carboxylic acids is 1. The van der Waals surface area contributed by atoms with E-state index in [-0.39, 0.29) is 11.7 Å². The summed E-state index contributed by atoms with van der Waals surface area (Å²) in [6.45, 7) is 3.83. The van der Waals surface area contributed by atoms with Gasteiger partial charge < -0.3 is 14.8 Å². The zero-order valence-corrected chi connectivity index (χ0v) is 15.5. The number of halogens is 1. The summed E-state index contributed by atoms with van der Waals surface area (Å²) in [5.41, 5.74) is 1.03. The molecule has 0 saturated heterocycles. The molecule has 0 aliphatic heterocycles. The Labute approximate surface area is 157 Å². The van der Waals surface area contributed by atoms with Crippen LogP contribution in [0.2, 0.25) is 5.02 Å². The van der Waals surface area contributed by atoms with Gasteiger partial charge in [-0.15, -0.1) is 0 Å². The summed E-state index contributed by atoms with van der Waals surface area (Å²) in [6, 6.07) is 13.9. The van der Waals surface area contributed by atoms with Gasteiger partial charge in [0.25, 0.3) is 5.91 Å². The lowest BCUT2D eigenvalue weighted by Gasteiger charge is -2.14. The van der Waals surface area contributed by atoms with Crippen LogP contribution in [0.15, 0.2) is 48.0 Å². The predicted octanol–water partition coefficient (Wildman–Crippen LogP) is 4.68. The fraction of sp³-hybridized carbons (Fsp3) is 0.200. The first-order chi connectivity index (χ1) is 12.4. The van der Waals surface area contributed by atoms with E-state index >= 15 is 0 Å². The minimum atomic E-state index is -0.540. The number of amides is 1. The van der Waals surface area contributed by atoms with Gasteiger partial charge in [0.05, 0.1) is 23.9 Å². The molecule has 1 N–H and O–H groups in total. The molecule has 0 fully saturated rings. The summed E-state index contributed by atoms with van der Waals surface area (Å²) in [6.07, 6.45) is 1.48. The summed E-state index contributed by atoms with van der Waals surface area (Å²) < 4.78 is 11.0. The first-order valence-electron chi connectivity index (χ1n) is 7.97. The second kappa shape index (κ2) is 8.93. The molecule has 0 aromatic heterocycles. The van der Waals surface area contributed by atoms with Crippen LogP contribution in [0.1, 0.15) is 19.4 Å². The molecule has 1 amide bonds. The Hall–Kier alpha value is -2.97. The van der Waals surface area contributed by atoms with Crippen molar-refractivity contribution in [2.24, 2.45) is 0 Å². The molecule has 0 heterocycles. The first kappa shape index (κ1) is 19.4. The summed E-state index contributed by atoms with van der Waals surface area (Å²) in [5.74, 6) is 0.581. The van der Waals surface area contributed by atoms with Gasteiger partial charge in [0.2, 0.25) is 0 Å². The van der Waals surface area contributed by atoms with Crippen LogP contribution in [0.4, 0.5) is 5.69 Å². The average Bonchev–Trinajstić information content (AvgIpc) is 2.62. The SMILES string of the molecule is COc1cc(/C=C(\C#N)C(=O)Nc2ccccc2Cl)ccc1OC(C)C. The van der Waals surface area contributed by atoms with Crippen molar-refractivity contribution in [3.05, 3.63) is 58.6 Å². The minimum absolute atomic E-state index is 0.00126. The van der Waals surface area contributed by atoms with Crippen molar-refractivity contribution in [1.29, 1.82) is 5.26 Å². The molecule has 0 aliphatic carbocycles. The predicted molar refractivity (Wildman–Crippen MR) is 102 cm³/mol. The third-order valence-electron chi connectivity index (χ3n) is 3.35. The highest BCUT2D eigenvalue weighted by molar-refractivity contribution is 6.34. The number of carbonyl (C=O) groups is 1. The van der Waals surface area contributed by atoms with Crippen LogP contribution in [0.3, 0.4) is 0 Å². The maximum Gasteiger partial charge on any atom is 0.266 e. The van der Waals surface area contributed by atoms with E-state index < -0.39 is 5.91 Å². The van der Waals surface area contributed by atoms with E-state index in [2.05, 4.69) is 5.32 Å². The van der Waals surface area contributed by atoms with Crippen LogP contribution in [0, 0.1) is 11.3 Å². The molecule has 0 aliphatic rings. The van der Waals surface area contributed by atoms with Gasteiger partial charge in [-0.25, -0.2) is 0 Å². The lowest BCUT2D eigenvalue weighted by atomic mass is 10.1. The zero-order chi connectivity index (χ0) is 19.1. The van der Waals surface area contributed by atoms with Gasteiger partial charge in [0.15, 0.2) is 11.5 Å². The second-order valence-electron chi connectivity index (χ2n) is 5.68. The summed E-state index contributed by atoms with van der Waals surface area (Å²) >= 11 is 6.03. The van der Waals surface area contributed by atoms with Crippen molar-refractivity contribution in [3.8, 4) is 17.6 Å². The number of rotatable bonds is 6. The molecule has 0 bridgehead atoms. The quantitative estimate of drug-likeness (QED) is 0.592. The van der Waals surface area contributed by atoms with Crippen LogP contribution in [0.5, 0.6) is 11.5 Å².